The van der Waals surface area contributed by atoms with Crippen LogP contribution in [0.1, 0.15) is 11.1 Å². The van der Waals surface area contributed by atoms with Gasteiger partial charge in [0.15, 0.2) is 0 Å². The zero-order chi connectivity index (χ0) is 17.4. The van der Waals surface area contributed by atoms with E-state index in [-0.39, 0.29) is 17.9 Å². The van der Waals surface area contributed by atoms with Gasteiger partial charge in [0.25, 0.3) is 0 Å². The van der Waals surface area contributed by atoms with Crippen molar-refractivity contribution >= 4 is 22.7 Å². The molecule has 0 bridgehead atoms. The SMILES string of the molecule is C=CC(=O)N1CC(N(C)C(=O)Cn2cc(C)c3cc(C)ccc32)C1. The van der Waals surface area contributed by atoms with Gasteiger partial charge in [0, 0.05) is 37.2 Å². The third kappa shape index (κ3) is 2.82. The van der Waals surface area contributed by atoms with Crippen LogP contribution in [0.2, 0.25) is 0 Å². The predicted molar refractivity (Wildman–Crippen MR) is 94.7 cm³/mol. The molecule has 0 atom stereocenters. The van der Waals surface area contributed by atoms with Crippen LogP contribution < -0.4 is 0 Å². The number of hydrogen-bond acceptors (Lipinski definition) is 2. The van der Waals surface area contributed by atoms with Crippen molar-refractivity contribution in [3.63, 3.8) is 0 Å². The number of hydrogen-bond donors (Lipinski definition) is 0. The summed E-state index contributed by atoms with van der Waals surface area (Å²) in [4.78, 5) is 27.5. The van der Waals surface area contributed by atoms with Crippen LogP contribution in [0.15, 0.2) is 37.1 Å². The van der Waals surface area contributed by atoms with Crippen LogP contribution >= 0.6 is 0 Å². The first-order chi connectivity index (χ1) is 11.4. The number of likely N-dealkylation sites (tertiary alicyclic amines) is 1. The zero-order valence-electron chi connectivity index (χ0n) is 14.5. The van der Waals surface area contributed by atoms with Crippen molar-refractivity contribution in [3.8, 4) is 0 Å². The standard InChI is InChI=1S/C19H23N3O2/c1-5-18(23)22-10-15(11-22)20(4)19(24)12-21-9-14(3)16-8-13(2)6-7-17(16)21/h5-9,15H,1,10-12H2,2-4H3. The number of benzene rings is 1. The molecule has 2 aromatic rings. The molecule has 0 spiro atoms. The molecule has 0 saturated carbocycles. The Balaban J connectivity index is 1.69. The summed E-state index contributed by atoms with van der Waals surface area (Å²) in [5.74, 6) is -0.0160. The second kappa shape index (κ2) is 6.15. The molecule has 0 N–H and O–H groups in total. The highest BCUT2D eigenvalue weighted by Gasteiger charge is 2.34. The second-order valence-corrected chi connectivity index (χ2v) is 6.57. The Bertz CT molecular complexity index is 815. The normalized spacial score (nSPS) is 14.5. The van der Waals surface area contributed by atoms with Crippen LogP contribution in [0, 0.1) is 13.8 Å². The van der Waals surface area contributed by atoms with Gasteiger partial charge in [-0.3, -0.25) is 9.59 Å². The number of carbonyl (C=O) groups is 2. The van der Waals surface area contributed by atoms with Gasteiger partial charge >= 0.3 is 0 Å². The van der Waals surface area contributed by atoms with Crippen molar-refractivity contribution in [1.29, 1.82) is 0 Å². The minimum absolute atomic E-state index is 0.0585. The number of likely N-dealkylation sites (N-methyl/N-ethyl adjacent to an activating group) is 1. The summed E-state index contributed by atoms with van der Waals surface area (Å²) >= 11 is 0. The van der Waals surface area contributed by atoms with Gasteiger partial charge in [-0.05, 0) is 37.6 Å². The molecule has 24 heavy (non-hydrogen) atoms. The molecule has 0 unspecified atom stereocenters. The molecule has 1 aliphatic heterocycles. The minimum Gasteiger partial charge on any atom is -0.338 e. The molecule has 3 rings (SSSR count). The van der Waals surface area contributed by atoms with E-state index in [2.05, 4.69) is 38.6 Å². The van der Waals surface area contributed by atoms with Crippen LogP contribution in [0.25, 0.3) is 10.9 Å². The van der Waals surface area contributed by atoms with Gasteiger partial charge in [-0.15, -0.1) is 0 Å². The van der Waals surface area contributed by atoms with E-state index in [1.54, 1.807) is 9.80 Å². The number of carbonyl (C=O) groups excluding carboxylic acids is 2. The fourth-order valence-electron chi connectivity index (χ4n) is 3.19. The number of aryl methyl sites for hydroxylation is 2. The predicted octanol–water partition coefficient (Wildman–Crippen LogP) is 2.11. The molecule has 1 aromatic heterocycles. The van der Waals surface area contributed by atoms with Gasteiger partial charge in [0.2, 0.25) is 11.8 Å². The summed E-state index contributed by atoms with van der Waals surface area (Å²) in [6, 6.07) is 6.38. The van der Waals surface area contributed by atoms with Crippen molar-refractivity contribution in [1.82, 2.24) is 14.4 Å². The lowest BCUT2D eigenvalue weighted by atomic mass is 10.1. The van der Waals surface area contributed by atoms with E-state index in [1.807, 2.05) is 17.8 Å². The molecule has 5 heteroatoms. The van der Waals surface area contributed by atoms with Crippen molar-refractivity contribution in [2.24, 2.45) is 0 Å². The first-order valence-corrected chi connectivity index (χ1v) is 8.14. The molecule has 126 valence electrons. The number of amides is 2. The fraction of sp³-hybridized carbons (Fsp3) is 0.368. The van der Waals surface area contributed by atoms with Gasteiger partial charge < -0.3 is 14.4 Å². The van der Waals surface area contributed by atoms with Crippen molar-refractivity contribution in [3.05, 3.63) is 48.2 Å². The molecule has 2 amide bonds. The van der Waals surface area contributed by atoms with Crippen LogP contribution in [0.5, 0.6) is 0 Å². The lowest BCUT2D eigenvalue weighted by Gasteiger charge is -2.43. The Kier molecular flexibility index (Phi) is 4.18. The molecule has 5 nitrogen and oxygen atoms in total. The third-order valence-electron chi connectivity index (χ3n) is 4.83. The summed E-state index contributed by atoms with van der Waals surface area (Å²) in [7, 11) is 1.81. The Morgan fingerprint density at radius 3 is 2.71 bits per heavy atom. The largest absolute Gasteiger partial charge is 0.338 e. The van der Waals surface area contributed by atoms with E-state index in [1.165, 1.54) is 22.6 Å². The molecule has 1 saturated heterocycles. The topological polar surface area (TPSA) is 45.6 Å². The average Bonchev–Trinajstić information content (AvgIpc) is 2.81. The summed E-state index contributed by atoms with van der Waals surface area (Å²) in [5.41, 5.74) is 3.47. The van der Waals surface area contributed by atoms with Crippen LogP contribution in [-0.4, -0.2) is 52.4 Å². The molecule has 0 radical (unpaired) electrons. The minimum atomic E-state index is -0.0745. The van der Waals surface area contributed by atoms with Gasteiger partial charge in [0.1, 0.15) is 6.54 Å². The Morgan fingerprint density at radius 1 is 1.33 bits per heavy atom. The molecule has 1 aromatic carbocycles. The van der Waals surface area contributed by atoms with E-state index < -0.39 is 0 Å². The van der Waals surface area contributed by atoms with Crippen molar-refractivity contribution in [2.45, 2.75) is 26.4 Å². The summed E-state index contributed by atoms with van der Waals surface area (Å²) in [6.45, 7) is 9.10. The first kappa shape index (κ1) is 16.3. The van der Waals surface area contributed by atoms with Crippen LogP contribution in [0.3, 0.4) is 0 Å². The molecular formula is C19H23N3O2. The van der Waals surface area contributed by atoms with Gasteiger partial charge in [-0.25, -0.2) is 0 Å². The lowest BCUT2D eigenvalue weighted by molar-refractivity contribution is -0.142. The fourth-order valence-corrected chi connectivity index (χ4v) is 3.19. The highest BCUT2D eigenvalue weighted by atomic mass is 16.2. The Morgan fingerprint density at radius 2 is 2.04 bits per heavy atom. The average molecular weight is 325 g/mol. The van der Waals surface area contributed by atoms with Crippen molar-refractivity contribution in [2.75, 3.05) is 20.1 Å². The van der Waals surface area contributed by atoms with E-state index in [4.69, 9.17) is 0 Å². The van der Waals surface area contributed by atoms with E-state index in [9.17, 15) is 9.59 Å². The Hall–Kier alpha value is -2.56. The van der Waals surface area contributed by atoms with Gasteiger partial charge in [0.05, 0.1) is 6.04 Å². The summed E-state index contributed by atoms with van der Waals surface area (Å²) in [5, 5.41) is 1.19. The maximum Gasteiger partial charge on any atom is 0.246 e. The highest BCUT2D eigenvalue weighted by molar-refractivity contribution is 5.88. The van der Waals surface area contributed by atoms with Crippen LogP contribution in [-0.2, 0) is 16.1 Å². The van der Waals surface area contributed by atoms with E-state index in [0.29, 0.717) is 19.6 Å². The highest BCUT2D eigenvalue weighted by Crippen LogP contribution is 2.22. The maximum absolute atomic E-state index is 12.6. The van der Waals surface area contributed by atoms with Gasteiger partial charge in [-0.1, -0.05) is 18.2 Å². The number of nitrogens with zero attached hydrogens (tertiary/aromatic N) is 3. The third-order valence-corrected chi connectivity index (χ3v) is 4.83. The van der Waals surface area contributed by atoms with Crippen LogP contribution in [0.4, 0.5) is 0 Å². The quantitative estimate of drug-likeness (QED) is 0.808. The van der Waals surface area contributed by atoms with E-state index >= 15 is 0 Å². The maximum atomic E-state index is 12.6. The first-order valence-electron chi connectivity index (χ1n) is 8.14. The number of fused-ring (bicyclic) bond motifs is 1. The second-order valence-electron chi connectivity index (χ2n) is 6.57. The molecule has 1 fully saturated rings. The number of aromatic nitrogens is 1. The lowest BCUT2D eigenvalue weighted by Crippen LogP contribution is -2.61. The van der Waals surface area contributed by atoms with Gasteiger partial charge in [-0.2, -0.15) is 0 Å². The van der Waals surface area contributed by atoms with E-state index in [0.717, 1.165) is 5.52 Å². The molecule has 0 aliphatic carbocycles. The molecule has 1 aliphatic rings. The van der Waals surface area contributed by atoms with Crippen molar-refractivity contribution < 1.29 is 9.59 Å². The number of rotatable bonds is 4. The molecule has 2 heterocycles. The monoisotopic (exact) mass is 325 g/mol. The zero-order valence-corrected chi connectivity index (χ0v) is 14.5. The summed E-state index contributed by atoms with van der Waals surface area (Å²) < 4.78 is 2.01. The summed E-state index contributed by atoms with van der Waals surface area (Å²) in [6.07, 6.45) is 3.35. The molecular weight excluding hydrogens is 302 g/mol. The Labute approximate surface area is 142 Å². The smallest absolute Gasteiger partial charge is 0.246 e.